The Morgan fingerprint density at radius 3 is 3.06 bits per heavy atom. The average molecular weight is 288 g/mol. The minimum atomic E-state index is 0.274. The van der Waals surface area contributed by atoms with E-state index in [0.717, 1.165) is 29.8 Å². The van der Waals surface area contributed by atoms with Crippen molar-refractivity contribution in [1.82, 2.24) is 9.97 Å². The van der Waals surface area contributed by atoms with Crippen LogP contribution < -0.4 is 16.2 Å². The molecule has 0 aliphatic carbocycles. The SMILES string of the molecule is COC1CCN(c2ncnc(NN)c2Br)C1. The van der Waals surface area contributed by atoms with Crippen LogP contribution in [0.5, 0.6) is 0 Å². The molecule has 0 bridgehead atoms. The van der Waals surface area contributed by atoms with Crippen LogP contribution in [0.2, 0.25) is 0 Å². The zero-order valence-electron chi connectivity index (χ0n) is 8.98. The summed E-state index contributed by atoms with van der Waals surface area (Å²) in [4.78, 5) is 10.4. The topological polar surface area (TPSA) is 76.3 Å². The minimum Gasteiger partial charge on any atom is -0.380 e. The van der Waals surface area contributed by atoms with Gasteiger partial charge in [0.25, 0.3) is 0 Å². The number of halogens is 1. The molecule has 2 heterocycles. The molecule has 88 valence electrons. The molecule has 0 amide bonds. The lowest BCUT2D eigenvalue weighted by atomic mass is 10.3. The number of hydrogen-bond donors (Lipinski definition) is 2. The van der Waals surface area contributed by atoms with Gasteiger partial charge in [-0.05, 0) is 22.4 Å². The summed E-state index contributed by atoms with van der Waals surface area (Å²) in [5.74, 6) is 6.80. The van der Waals surface area contributed by atoms with Gasteiger partial charge in [0.05, 0.1) is 6.10 Å². The van der Waals surface area contributed by atoms with Crippen molar-refractivity contribution >= 4 is 27.6 Å². The summed E-state index contributed by atoms with van der Waals surface area (Å²) in [5.41, 5.74) is 2.53. The van der Waals surface area contributed by atoms with Crippen LogP contribution in [0.3, 0.4) is 0 Å². The first kappa shape index (κ1) is 11.6. The molecule has 3 N–H and O–H groups in total. The molecule has 0 aromatic carbocycles. The van der Waals surface area contributed by atoms with Gasteiger partial charge in [0.15, 0.2) is 5.82 Å². The molecule has 1 saturated heterocycles. The number of nitrogens with zero attached hydrogens (tertiary/aromatic N) is 3. The number of hydrogen-bond acceptors (Lipinski definition) is 6. The largest absolute Gasteiger partial charge is 0.380 e. The van der Waals surface area contributed by atoms with Gasteiger partial charge in [-0.25, -0.2) is 15.8 Å². The minimum absolute atomic E-state index is 0.274. The van der Waals surface area contributed by atoms with Crippen LogP contribution >= 0.6 is 15.9 Å². The molecular weight excluding hydrogens is 274 g/mol. The molecule has 0 spiro atoms. The van der Waals surface area contributed by atoms with E-state index in [-0.39, 0.29) is 6.10 Å². The normalized spacial score (nSPS) is 20.2. The lowest BCUT2D eigenvalue weighted by molar-refractivity contribution is 0.121. The van der Waals surface area contributed by atoms with Crippen molar-refractivity contribution < 1.29 is 4.74 Å². The van der Waals surface area contributed by atoms with Crippen molar-refractivity contribution in [1.29, 1.82) is 0 Å². The molecule has 7 heteroatoms. The number of nitrogens with two attached hydrogens (primary N) is 1. The molecule has 2 rings (SSSR count). The maximum atomic E-state index is 5.36. The van der Waals surface area contributed by atoms with E-state index in [1.54, 1.807) is 7.11 Å². The van der Waals surface area contributed by atoms with Crippen LogP contribution in [-0.4, -0.2) is 36.3 Å². The summed E-state index contributed by atoms with van der Waals surface area (Å²) in [5, 5.41) is 0. The molecule has 1 aliphatic rings. The van der Waals surface area contributed by atoms with Gasteiger partial charge in [0.2, 0.25) is 0 Å². The Hall–Kier alpha value is -0.920. The molecule has 1 aromatic heterocycles. The third-order valence-corrected chi connectivity index (χ3v) is 3.42. The van der Waals surface area contributed by atoms with Gasteiger partial charge in [-0.15, -0.1) is 0 Å². The first-order valence-electron chi connectivity index (χ1n) is 5.01. The van der Waals surface area contributed by atoms with Crippen LogP contribution in [0.15, 0.2) is 10.8 Å². The van der Waals surface area contributed by atoms with Gasteiger partial charge in [0, 0.05) is 20.2 Å². The number of methoxy groups -OCH3 is 1. The summed E-state index contributed by atoms with van der Waals surface area (Å²) in [6.45, 7) is 1.77. The summed E-state index contributed by atoms with van der Waals surface area (Å²) in [6.07, 6.45) is 2.78. The first-order chi connectivity index (χ1) is 7.76. The zero-order valence-corrected chi connectivity index (χ0v) is 10.6. The number of anilines is 2. The number of rotatable bonds is 3. The number of aromatic nitrogens is 2. The summed E-state index contributed by atoms with van der Waals surface area (Å²) in [6, 6.07) is 0. The standard InChI is InChI=1S/C9H14BrN5O/c1-16-6-2-3-15(4-6)9-7(10)8(14-11)12-5-13-9/h5-6H,2-4,11H2,1H3,(H,12,13,14). The Morgan fingerprint density at radius 2 is 2.44 bits per heavy atom. The predicted molar refractivity (Wildman–Crippen MR) is 65.2 cm³/mol. The fraction of sp³-hybridized carbons (Fsp3) is 0.556. The Bertz CT molecular complexity index is 375. The third kappa shape index (κ3) is 2.11. The monoisotopic (exact) mass is 287 g/mol. The molecule has 6 nitrogen and oxygen atoms in total. The van der Waals surface area contributed by atoms with Crippen molar-refractivity contribution in [2.45, 2.75) is 12.5 Å². The van der Waals surface area contributed by atoms with Gasteiger partial charge in [0.1, 0.15) is 16.6 Å². The van der Waals surface area contributed by atoms with E-state index in [0.29, 0.717) is 5.82 Å². The second kappa shape index (κ2) is 4.94. The van der Waals surface area contributed by atoms with E-state index in [1.807, 2.05) is 0 Å². The van der Waals surface area contributed by atoms with Crippen molar-refractivity contribution in [2.75, 3.05) is 30.5 Å². The Kier molecular flexibility index (Phi) is 3.57. The predicted octanol–water partition coefficient (Wildman–Crippen LogP) is 0.750. The Labute approximate surface area is 102 Å². The number of nitrogens with one attached hydrogen (secondary N) is 1. The van der Waals surface area contributed by atoms with E-state index in [4.69, 9.17) is 10.6 Å². The van der Waals surface area contributed by atoms with E-state index < -0.39 is 0 Å². The highest BCUT2D eigenvalue weighted by molar-refractivity contribution is 9.10. The molecule has 1 aliphatic heterocycles. The quantitative estimate of drug-likeness (QED) is 0.631. The van der Waals surface area contributed by atoms with Gasteiger partial charge < -0.3 is 15.1 Å². The smallest absolute Gasteiger partial charge is 0.159 e. The van der Waals surface area contributed by atoms with Crippen LogP contribution in [0.4, 0.5) is 11.6 Å². The van der Waals surface area contributed by atoms with Crippen LogP contribution in [0.1, 0.15) is 6.42 Å². The van der Waals surface area contributed by atoms with Crippen LogP contribution in [-0.2, 0) is 4.74 Å². The fourth-order valence-corrected chi connectivity index (χ4v) is 2.36. The molecule has 1 unspecified atom stereocenters. The molecule has 1 fully saturated rings. The van der Waals surface area contributed by atoms with Gasteiger partial charge in [-0.3, -0.25) is 0 Å². The van der Waals surface area contributed by atoms with Gasteiger partial charge in [-0.2, -0.15) is 0 Å². The van der Waals surface area contributed by atoms with E-state index in [1.165, 1.54) is 6.33 Å². The summed E-state index contributed by atoms with van der Waals surface area (Å²) in [7, 11) is 1.73. The lowest BCUT2D eigenvalue weighted by Gasteiger charge is -2.19. The molecule has 1 atom stereocenters. The van der Waals surface area contributed by atoms with Crippen molar-refractivity contribution in [2.24, 2.45) is 5.84 Å². The molecule has 1 aromatic rings. The van der Waals surface area contributed by atoms with Crippen molar-refractivity contribution in [3.63, 3.8) is 0 Å². The van der Waals surface area contributed by atoms with Crippen LogP contribution in [0, 0.1) is 0 Å². The Morgan fingerprint density at radius 1 is 1.62 bits per heavy atom. The van der Waals surface area contributed by atoms with Crippen molar-refractivity contribution in [3.05, 3.63) is 10.8 Å². The number of nitrogen functional groups attached to an aromatic ring is 1. The first-order valence-corrected chi connectivity index (χ1v) is 5.80. The zero-order chi connectivity index (χ0) is 11.5. The van der Waals surface area contributed by atoms with Crippen LogP contribution in [0.25, 0.3) is 0 Å². The molecular formula is C9H14BrN5O. The molecule has 16 heavy (non-hydrogen) atoms. The highest BCUT2D eigenvalue weighted by Crippen LogP contribution is 2.31. The van der Waals surface area contributed by atoms with E-state index >= 15 is 0 Å². The Balaban J connectivity index is 2.21. The second-order valence-corrected chi connectivity index (χ2v) is 4.39. The maximum Gasteiger partial charge on any atom is 0.159 e. The van der Waals surface area contributed by atoms with Gasteiger partial charge in [-0.1, -0.05) is 0 Å². The number of ether oxygens (including phenoxy) is 1. The number of hydrazine groups is 1. The van der Waals surface area contributed by atoms with E-state index in [2.05, 4.69) is 36.2 Å². The second-order valence-electron chi connectivity index (χ2n) is 3.60. The van der Waals surface area contributed by atoms with Gasteiger partial charge >= 0.3 is 0 Å². The summed E-state index contributed by atoms with van der Waals surface area (Å²) < 4.78 is 6.10. The summed E-state index contributed by atoms with van der Waals surface area (Å²) >= 11 is 3.44. The highest BCUT2D eigenvalue weighted by atomic mass is 79.9. The van der Waals surface area contributed by atoms with Crippen molar-refractivity contribution in [3.8, 4) is 0 Å². The third-order valence-electron chi connectivity index (χ3n) is 2.69. The molecule has 0 saturated carbocycles. The molecule has 0 radical (unpaired) electrons. The highest BCUT2D eigenvalue weighted by Gasteiger charge is 2.25. The lowest BCUT2D eigenvalue weighted by Crippen LogP contribution is -2.24. The average Bonchev–Trinajstić information content (AvgIpc) is 2.78. The fourth-order valence-electron chi connectivity index (χ4n) is 1.79. The van der Waals surface area contributed by atoms with E-state index in [9.17, 15) is 0 Å². The maximum absolute atomic E-state index is 5.36.